The van der Waals surface area contributed by atoms with Crippen molar-refractivity contribution in [2.45, 2.75) is 26.7 Å². The summed E-state index contributed by atoms with van der Waals surface area (Å²) in [6.45, 7) is 5.91. The van der Waals surface area contributed by atoms with Crippen LogP contribution in [0.5, 0.6) is 0 Å². The predicted octanol–water partition coefficient (Wildman–Crippen LogP) is 2.39. The minimum atomic E-state index is -1.11. The van der Waals surface area contributed by atoms with Crippen LogP contribution in [0.1, 0.15) is 51.9 Å². The van der Waals surface area contributed by atoms with Crippen LogP contribution in [-0.2, 0) is 4.74 Å². The Bertz CT molecular complexity index is 439. The van der Waals surface area contributed by atoms with Crippen molar-refractivity contribution >= 4 is 23.3 Å². The van der Waals surface area contributed by atoms with Gasteiger partial charge < -0.3 is 9.84 Å². The van der Waals surface area contributed by atoms with Gasteiger partial charge in [0.25, 0.3) is 0 Å². The topological polar surface area (TPSA) is 76.5 Å². The molecular formula is C11H15NO4S. The van der Waals surface area contributed by atoms with Gasteiger partial charge in [0.2, 0.25) is 5.01 Å². The number of aromatic carboxylic acids is 1. The predicted molar refractivity (Wildman–Crippen MR) is 63.7 cm³/mol. The maximum Gasteiger partial charge on any atom is 0.367 e. The zero-order chi connectivity index (χ0) is 13.2. The van der Waals surface area contributed by atoms with Gasteiger partial charge in [0, 0.05) is 4.88 Å². The highest BCUT2D eigenvalue weighted by Crippen LogP contribution is 2.32. The summed E-state index contributed by atoms with van der Waals surface area (Å²) in [6, 6.07) is 0. The van der Waals surface area contributed by atoms with Gasteiger partial charge in [-0.2, -0.15) is 0 Å². The van der Waals surface area contributed by atoms with Crippen LogP contribution in [-0.4, -0.2) is 29.1 Å². The van der Waals surface area contributed by atoms with E-state index >= 15 is 0 Å². The molecule has 0 fully saturated rings. The smallest absolute Gasteiger partial charge is 0.367 e. The fraction of sp³-hybridized carbons (Fsp3) is 0.545. The summed E-state index contributed by atoms with van der Waals surface area (Å²) in [5, 5.41) is 9.15. The van der Waals surface area contributed by atoms with Crippen molar-refractivity contribution < 1.29 is 19.4 Å². The first-order chi connectivity index (χ1) is 7.88. The average Bonchev–Trinajstić information content (AvgIpc) is 2.71. The van der Waals surface area contributed by atoms with E-state index < -0.39 is 11.9 Å². The molecule has 5 nitrogen and oxygen atoms in total. The quantitative estimate of drug-likeness (QED) is 0.838. The van der Waals surface area contributed by atoms with Crippen molar-refractivity contribution in [2.24, 2.45) is 5.92 Å². The number of ether oxygens (including phenoxy) is 1. The van der Waals surface area contributed by atoms with Crippen LogP contribution < -0.4 is 0 Å². The van der Waals surface area contributed by atoms with E-state index in [-0.39, 0.29) is 22.5 Å². The van der Waals surface area contributed by atoms with Gasteiger partial charge in [-0.3, -0.25) is 0 Å². The molecule has 1 N–H and O–H groups in total. The van der Waals surface area contributed by atoms with Crippen LogP contribution in [0.3, 0.4) is 0 Å². The number of nitrogens with zero attached hydrogens (tertiary/aromatic N) is 1. The second-order valence-electron chi connectivity index (χ2n) is 4.06. The lowest BCUT2D eigenvalue weighted by atomic mass is 9.95. The Morgan fingerprint density at radius 3 is 2.35 bits per heavy atom. The van der Waals surface area contributed by atoms with E-state index in [0.717, 1.165) is 11.3 Å². The Balaban J connectivity index is 3.23. The summed E-state index contributed by atoms with van der Waals surface area (Å²) in [4.78, 5) is 26.8. The molecule has 0 spiro atoms. The number of carbonyl (C=O) groups is 2. The van der Waals surface area contributed by atoms with Gasteiger partial charge in [-0.05, 0) is 11.8 Å². The van der Waals surface area contributed by atoms with E-state index in [0.29, 0.717) is 4.88 Å². The zero-order valence-electron chi connectivity index (χ0n) is 10.2. The Labute approximate surface area is 103 Å². The van der Waals surface area contributed by atoms with Crippen molar-refractivity contribution in [2.75, 3.05) is 7.11 Å². The number of rotatable bonds is 4. The molecule has 1 atom stereocenters. The molecule has 0 bridgehead atoms. The molecule has 94 valence electrons. The Morgan fingerprint density at radius 2 is 1.94 bits per heavy atom. The molecule has 1 unspecified atom stereocenters. The van der Waals surface area contributed by atoms with Crippen molar-refractivity contribution in [3.8, 4) is 0 Å². The molecule has 0 amide bonds. The Morgan fingerprint density at radius 1 is 1.35 bits per heavy atom. The van der Waals surface area contributed by atoms with Crippen molar-refractivity contribution in [1.29, 1.82) is 0 Å². The fourth-order valence-corrected chi connectivity index (χ4v) is 2.47. The van der Waals surface area contributed by atoms with Crippen molar-refractivity contribution in [3.05, 3.63) is 15.6 Å². The standard InChI is InChI=1S/C11H15NO4S/c1-5(2)6(3)8-7(10(13)14)12-9(17-8)11(15)16-4/h5-6H,1-4H3,(H,13,14). The Hall–Kier alpha value is -1.43. The number of methoxy groups -OCH3 is 1. The molecule has 0 aliphatic carbocycles. The third-order valence-corrected chi connectivity index (χ3v) is 3.87. The molecular weight excluding hydrogens is 242 g/mol. The molecule has 1 aromatic heterocycles. The normalized spacial score (nSPS) is 12.5. The van der Waals surface area contributed by atoms with Gasteiger partial charge in [-0.25, -0.2) is 14.6 Å². The molecule has 1 heterocycles. The van der Waals surface area contributed by atoms with Crippen molar-refractivity contribution in [1.82, 2.24) is 4.98 Å². The number of esters is 1. The van der Waals surface area contributed by atoms with E-state index in [1.807, 2.05) is 20.8 Å². The van der Waals surface area contributed by atoms with E-state index in [1.54, 1.807) is 0 Å². The lowest BCUT2D eigenvalue weighted by Crippen LogP contribution is -2.07. The second-order valence-corrected chi connectivity index (χ2v) is 5.09. The Kier molecular flexibility index (Phi) is 4.22. The van der Waals surface area contributed by atoms with Crippen LogP contribution in [0, 0.1) is 5.92 Å². The molecule has 0 saturated heterocycles. The highest BCUT2D eigenvalue weighted by molar-refractivity contribution is 7.13. The summed E-state index contributed by atoms with van der Waals surface area (Å²) < 4.78 is 4.54. The van der Waals surface area contributed by atoms with Crippen LogP contribution >= 0.6 is 11.3 Å². The van der Waals surface area contributed by atoms with Gasteiger partial charge >= 0.3 is 11.9 Å². The van der Waals surface area contributed by atoms with Crippen molar-refractivity contribution in [3.63, 3.8) is 0 Å². The SMILES string of the molecule is COC(=O)c1nc(C(=O)O)c(C(C)C(C)C)s1. The monoisotopic (exact) mass is 257 g/mol. The highest BCUT2D eigenvalue weighted by Gasteiger charge is 2.26. The largest absolute Gasteiger partial charge is 0.476 e. The van der Waals surface area contributed by atoms with Crippen LogP contribution in [0.25, 0.3) is 0 Å². The van der Waals surface area contributed by atoms with Gasteiger partial charge in [0.1, 0.15) is 0 Å². The summed E-state index contributed by atoms with van der Waals surface area (Å²) >= 11 is 1.09. The number of aromatic nitrogens is 1. The molecule has 0 saturated carbocycles. The lowest BCUT2D eigenvalue weighted by Gasteiger charge is -2.13. The number of carbonyl (C=O) groups excluding carboxylic acids is 1. The van der Waals surface area contributed by atoms with Crippen LogP contribution in [0.15, 0.2) is 0 Å². The summed E-state index contributed by atoms with van der Waals surface area (Å²) in [7, 11) is 1.25. The second kappa shape index (κ2) is 5.27. The maximum absolute atomic E-state index is 11.3. The summed E-state index contributed by atoms with van der Waals surface area (Å²) in [5.74, 6) is -1.39. The summed E-state index contributed by atoms with van der Waals surface area (Å²) in [6.07, 6.45) is 0. The number of thiazole rings is 1. The van der Waals surface area contributed by atoms with Gasteiger partial charge in [0.15, 0.2) is 5.69 Å². The zero-order valence-corrected chi connectivity index (χ0v) is 11.0. The summed E-state index contributed by atoms with van der Waals surface area (Å²) in [5.41, 5.74) is -0.0448. The van der Waals surface area contributed by atoms with Crippen LogP contribution in [0.2, 0.25) is 0 Å². The number of hydrogen-bond acceptors (Lipinski definition) is 5. The molecule has 1 aromatic rings. The van der Waals surface area contributed by atoms with Gasteiger partial charge in [-0.15, -0.1) is 11.3 Å². The van der Waals surface area contributed by atoms with Gasteiger partial charge in [-0.1, -0.05) is 20.8 Å². The van der Waals surface area contributed by atoms with Gasteiger partial charge in [0.05, 0.1) is 7.11 Å². The maximum atomic E-state index is 11.3. The first-order valence-electron chi connectivity index (χ1n) is 5.20. The molecule has 6 heteroatoms. The number of carboxylic acids is 1. The molecule has 17 heavy (non-hydrogen) atoms. The minimum Gasteiger partial charge on any atom is -0.476 e. The van der Waals surface area contributed by atoms with E-state index in [2.05, 4.69) is 9.72 Å². The van der Waals surface area contributed by atoms with E-state index in [9.17, 15) is 9.59 Å². The van der Waals surface area contributed by atoms with E-state index in [1.165, 1.54) is 7.11 Å². The first kappa shape index (κ1) is 13.6. The highest BCUT2D eigenvalue weighted by atomic mass is 32.1. The fourth-order valence-electron chi connectivity index (χ4n) is 1.27. The third kappa shape index (κ3) is 2.82. The molecule has 1 rings (SSSR count). The molecule has 0 radical (unpaired) electrons. The first-order valence-corrected chi connectivity index (χ1v) is 6.02. The molecule has 0 aliphatic rings. The molecule has 0 aromatic carbocycles. The average molecular weight is 257 g/mol. The third-order valence-electron chi connectivity index (χ3n) is 2.63. The minimum absolute atomic E-state index is 0.0389. The number of hydrogen-bond donors (Lipinski definition) is 1. The van der Waals surface area contributed by atoms with Crippen LogP contribution in [0.4, 0.5) is 0 Å². The molecule has 0 aliphatic heterocycles. The lowest BCUT2D eigenvalue weighted by molar-refractivity contribution is 0.0600. The van der Waals surface area contributed by atoms with E-state index in [4.69, 9.17) is 5.11 Å². The number of carboxylic acid groups (broad SMARTS) is 1.